The second-order valence-corrected chi connectivity index (χ2v) is 10.6. The first-order chi connectivity index (χ1) is 17.2. The number of hydrogen-bond donors (Lipinski definition) is 1. The summed E-state index contributed by atoms with van der Waals surface area (Å²) in [5.41, 5.74) is 0.810. The van der Waals surface area contributed by atoms with E-state index in [1.165, 1.54) is 11.3 Å². The maximum absolute atomic E-state index is 13.1. The van der Waals surface area contributed by atoms with Crippen LogP contribution < -0.4 is 10.1 Å². The van der Waals surface area contributed by atoms with Gasteiger partial charge < -0.3 is 19.4 Å². The van der Waals surface area contributed by atoms with Gasteiger partial charge in [-0.3, -0.25) is 4.79 Å². The van der Waals surface area contributed by atoms with Gasteiger partial charge in [0.15, 0.2) is 6.61 Å². The van der Waals surface area contributed by atoms with E-state index in [4.69, 9.17) is 9.15 Å². The average Bonchev–Trinajstić information content (AvgIpc) is 3.38. The van der Waals surface area contributed by atoms with Crippen molar-refractivity contribution < 1.29 is 31.5 Å². The van der Waals surface area contributed by atoms with Gasteiger partial charge in [-0.25, -0.2) is 13.8 Å². The molecule has 0 saturated heterocycles. The quantitative estimate of drug-likeness (QED) is 0.464. The minimum atomic E-state index is -4.18. The summed E-state index contributed by atoms with van der Waals surface area (Å²) in [6.45, 7) is 2.94. The van der Waals surface area contributed by atoms with E-state index in [0.29, 0.717) is 24.1 Å². The minimum absolute atomic E-state index is 0.0322. The number of rotatable bonds is 10. The molecule has 2 aromatic rings. The molecule has 3 heterocycles. The van der Waals surface area contributed by atoms with Crippen LogP contribution in [0.3, 0.4) is 0 Å². The Bertz CT molecular complexity index is 984. The van der Waals surface area contributed by atoms with Gasteiger partial charge in [-0.2, -0.15) is 8.78 Å². The number of ether oxygens (including phenoxy) is 1. The van der Waals surface area contributed by atoms with Crippen molar-refractivity contribution >= 4 is 17.2 Å². The molecular formula is C23H31F4N5O3S. The molecule has 1 amide bonds. The summed E-state index contributed by atoms with van der Waals surface area (Å²) in [4.78, 5) is 19.8. The van der Waals surface area contributed by atoms with Crippen LogP contribution in [0.25, 0.3) is 0 Å². The number of fused-ring (bicyclic) bond motifs is 1. The zero-order valence-corrected chi connectivity index (χ0v) is 21.0. The second kappa shape index (κ2) is 11.8. The fourth-order valence-electron chi connectivity index (χ4n) is 4.68. The number of thiazole rings is 1. The maximum atomic E-state index is 13.1. The number of hydrogen-bond acceptors (Lipinski definition) is 8. The SMILES string of the molecule is Cc1nnc(CC(=O)N[C@H]2CC[C@H](CCN3CCc4nc(OCC(F)(F)C(F)F)sc4CC3)CC2)o1. The Hall–Kier alpha value is -2.28. The van der Waals surface area contributed by atoms with E-state index in [-0.39, 0.29) is 23.6 Å². The lowest BCUT2D eigenvalue weighted by Gasteiger charge is -2.30. The van der Waals surface area contributed by atoms with Gasteiger partial charge in [0.25, 0.3) is 5.19 Å². The standard InChI is InChI=1S/C23H31F4N5O3S/c1-14-30-31-20(35-14)12-19(33)28-16-4-2-15(3-5-16)6-9-32-10-7-17-18(8-11-32)36-22(29-17)34-13-23(26,27)21(24)25/h15-16,21H,2-13H2,1H3,(H,28,33)/t15-,16-. The normalized spacial score (nSPS) is 21.3. The van der Waals surface area contributed by atoms with E-state index < -0.39 is 19.0 Å². The van der Waals surface area contributed by atoms with Gasteiger partial charge >= 0.3 is 12.3 Å². The van der Waals surface area contributed by atoms with Crippen LogP contribution in [0.1, 0.15) is 54.5 Å². The zero-order valence-electron chi connectivity index (χ0n) is 20.2. The molecule has 8 nitrogen and oxygen atoms in total. The van der Waals surface area contributed by atoms with Crippen LogP contribution >= 0.6 is 11.3 Å². The molecule has 0 unspecified atom stereocenters. The van der Waals surface area contributed by atoms with Crippen molar-refractivity contribution in [2.24, 2.45) is 5.92 Å². The van der Waals surface area contributed by atoms with E-state index in [1.54, 1.807) is 6.92 Å². The van der Waals surface area contributed by atoms with Gasteiger partial charge in [0.2, 0.25) is 17.7 Å². The van der Waals surface area contributed by atoms with Crippen LogP contribution in [0.15, 0.2) is 4.42 Å². The average molecular weight is 534 g/mol. The summed E-state index contributed by atoms with van der Waals surface area (Å²) < 4.78 is 61.0. The molecule has 200 valence electrons. The molecule has 0 radical (unpaired) electrons. The summed E-state index contributed by atoms with van der Waals surface area (Å²) in [6.07, 6.45) is 2.88. The highest BCUT2D eigenvalue weighted by atomic mass is 32.1. The highest BCUT2D eigenvalue weighted by molar-refractivity contribution is 7.13. The van der Waals surface area contributed by atoms with E-state index in [0.717, 1.165) is 68.7 Å². The van der Waals surface area contributed by atoms with Crippen molar-refractivity contribution in [1.82, 2.24) is 25.4 Å². The molecule has 0 bridgehead atoms. The summed E-state index contributed by atoms with van der Waals surface area (Å²) in [6, 6.07) is 0.176. The van der Waals surface area contributed by atoms with Gasteiger partial charge in [-0.15, -0.1) is 10.2 Å². The Balaban J connectivity index is 1.13. The van der Waals surface area contributed by atoms with Gasteiger partial charge in [-0.05, 0) is 51.0 Å². The predicted octanol–water partition coefficient (Wildman–Crippen LogP) is 3.82. The van der Waals surface area contributed by atoms with Crippen molar-refractivity contribution in [1.29, 1.82) is 0 Å². The number of nitrogens with one attached hydrogen (secondary N) is 1. The number of nitrogens with zero attached hydrogens (tertiary/aromatic N) is 4. The lowest BCUT2D eigenvalue weighted by molar-refractivity contribution is -0.148. The largest absolute Gasteiger partial charge is 0.463 e. The minimum Gasteiger partial charge on any atom is -0.463 e. The van der Waals surface area contributed by atoms with Crippen LogP contribution in [0.5, 0.6) is 5.19 Å². The topological polar surface area (TPSA) is 93.4 Å². The number of alkyl halides is 4. The summed E-state index contributed by atoms with van der Waals surface area (Å²) in [5, 5.41) is 10.7. The van der Waals surface area contributed by atoms with Crippen molar-refractivity contribution in [3.05, 3.63) is 22.4 Å². The number of aryl methyl sites for hydroxylation is 1. The summed E-state index contributed by atoms with van der Waals surface area (Å²) >= 11 is 1.17. The predicted molar refractivity (Wildman–Crippen MR) is 124 cm³/mol. The molecule has 1 aliphatic heterocycles. The lowest BCUT2D eigenvalue weighted by atomic mass is 9.84. The van der Waals surface area contributed by atoms with Gasteiger partial charge in [0, 0.05) is 37.4 Å². The second-order valence-electron chi connectivity index (χ2n) is 9.51. The number of carbonyl (C=O) groups excluding carboxylic acids is 1. The van der Waals surface area contributed by atoms with E-state index >= 15 is 0 Å². The molecule has 4 rings (SSSR count). The summed E-state index contributed by atoms with van der Waals surface area (Å²) in [5.74, 6) is -2.88. The molecular weight excluding hydrogens is 502 g/mol. The molecule has 1 saturated carbocycles. The maximum Gasteiger partial charge on any atom is 0.340 e. The Morgan fingerprint density at radius 3 is 2.67 bits per heavy atom. The van der Waals surface area contributed by atoms with Crippen LogP contribution in [0.4, 0.5) is 17.6 Å². The van der Waals surface area contributed by atoms with Crippen LogP contribution in [0, 0.1) is 12.8 Å². The number of amides is 1. The van der Waals surface area contributed by atoms with Crippen molar-refractivity contribution in [3.63, 3.8) is 0 Å². The molecule has 36 heavy (non-hydrogen) atoms. The van der Waals surface area contributed by atoms with Crippen molar-refractivity contribution in [3.8, 4) is 5.19 Å². The summed E-state index contributed by atoms with van der Waals surface area (Å²) in [7, 11) is 0. The molecule has 0 spiro atoms. The van der Waals surface area contributed by atoms with E-state index in [1.807, 2.05) is 0 Å². The van der Waals surface area contributed by atoms with Gasteiger partial charge in [0.05, 0.1) is 5.69 Å². The number of halogens is 4. The third kappa shape index (κ3) is 7.37. The molecule has 1 fully saturated rings. The van der Waals surface area contributed by atoms with Crippen molar-refractivity contribution in [2.75, 3.05) is 26.2 Å². The Morgan fingerprint density at radius 1 is 1.22 bits per heavy atom. The molecule has 2 aliphatic rings. The number of aromatic nitrogens is 3. The first-order valence-corrected chi connectivity index (χ1v) is 13.1. The highest BCUT2D eigenvalue weighted by Gasteiger charge is 2.42. The third-order valence-electron chi connectivity index (χ3n) is 6.73. The molecule has 0 atom stereocenters. The van der Waals surface area contributed by atoms with Gasteiger partial charge in [0.1, 0.15) is 6.42 Å². The zero-order chi connectivity index (χ0) is 25.7. The van der Waals surface area contributed by atoms with Crippen LogP contribution in [0.2, 0.25) is 0 Å². The van der Waals surface area contributed by atoms with E-state index in [2.05, 4.69) is 25.4 Å². The first-order valence-electron chi connectivity index (χ1n) is 12.3. The Kier molecular flexibility index (Phi) is 8.81. The van der Waals surface area contributed by atoms with Crippen LogP contribution in [-0.4, -0.2) is 70.6 Å². The highest BCUT2D eigenvalue weighted by Crippen LogP contribution is 2.31. The molecule has 13 heteroatoms. The molecule has 1 aliphatic carbocycles. The Morgan fingerprint density at radius 2 is 1.97 bits per heavy atom. The Labute approximate surface area is 210 Å². The molecule has 2 aromatic heterocycles. The lowest BCUT2D eigenvalue weighted by Crippen LogP contribution is -2.39. The fraction of sp³-hybridized carbons (Fsp3) is 0.739. The van der Waals surface area contributed by atoms with Gasteiger partial charge in [-0.1, -0.05) is 11.3 Å². The third-order valence-corrected chi connectivity index (χ3v) is 7.80. The van der Waals surface area contributed by atoms with E-state index in [9.17, 15) is 22.4 Å². The van der Waals surface area contributed by atoms with Crippen molar-refractivity contribution in [2.45, 2.75) is 76.7 Å². The number of carbonyl (C=O) groups is 1. The first kappa shape index (κ1) is 26.8. The molecule has 1 N–H and O–H groups in total. The smallest absolute Gasteiger partial charge is 0.340 e. The fourth-order valence-corrected chi connectivity index (χ4v) is 5.62. The van der Waals surface area contributed by atoms with Crippen LogP contribution in [-0.2, 0) is 24.1 Å². The molecule has 0 aromatic carbocycles. The monoisotopic (exact) mass is 533 g/mol.